The van der Waals surface area contributed by atoms with Crippen molar-refractivity contribution in [2.24, 2.45) is 5.92 Å². The van der Waals surface area contributed by atoms with Gasteiger partial charge in [0.25, 0.3) is 5.89 Å². The molecule has 0 radical (unpaired) electrons. The van der Waals surface area contributed by atoms with E-state index in [1.165, 1.54) is 5.56 Å². The smallest absolute Gasteiger partial charge is 0.258 e. The molecular formula is C26H27ClN4O2. The molecule has 33 heavy (non-hydrogen) atoms. The molecule has 7 heteroatoms. The number of carbonyl (C=O) groups excluding carboxylic acids is 1. The lowest BCUT2D eigenvalue weighted by molar-refractivity contribution is -0.133. The molecule has 1 aromatic heterocycles. The van der Waals surface area contributed by atoms with E-state index in [2.05, 4.69) is 39.3 Å². The molecule has 1 atom stereocenters. The number of halogens is 1. The highest BCUT2D eigenvalue weighted by atomic mass is 35.5. The molecule has 3 aromatic rings. The number of hydrogen-bond donors (Lipinski definition) is 0. The van der Waals surface area contributed by atoms with E-state index < -0.39 is 0 Å². The zero-order valence-corrected chi connectivity index (χ0v) is 19.2. The quantitative estimate of drug-likeness (QED) is 0.479. The molecular weight excluding hydrogens is 436 g/mol. The number of benzene rings is 2. The molecule has 1 unspecified atom stereocenters. The SMILES string of the molecule is O=C(CC1C=CCC1)N1CCN(Cc2cccc(-c3noc(-c4cccc(Cl)c4)n3)c2)CC1. The molecule has 2 aliphatic rings. The summed E-state index contributed by atoms with van der Waals surface area (Å²) < 4.78 is 5.46. The van der Waals surface area contributed by atoms with Crippen molar-refractivity contribution in [1.29, 1.82) is 0 Å². The molecule has 170 valence electrons. The topological polar surface area (TPSA) is 62.5 Å². The van der Waals surface area contributed by atoms with Gasteiger partial charge in [-0.05, 0) is 48.6 Å². The number of amides is 1. The Labute approximate surface area is 198 Å². The van der Waals surface area contributed by atoms with E-state index in [9.17, 15) is 4.79 Å². The van der Waals surface area contributed by atoms with Crippen molar-refractivity contribution in [1.82, 2.24) is 19.9 Å². The average molecular weight is 463 g/mol. The Morgan fingerprint density at radius 2 is 1.88 bits per heavy atom. The Bertz CT molecular complexity index is 1150. The second-order valence-electron chi connectivity index (χ2n) is 8.76. The molecule has 1 aliphatic carbocycles. The number of piperazine rings is 1. The van der Waals surface area contributed by atoms with Crippen molar-refractivity contribution in [3.05, 3.63) is 71.3 Å². The number of carbonyl (C=O) groups is 1. The maximum Gasteiger partial charge on any atom is 0.258 e. The van der Waals surface area contributed by atoms with Crippen LogP contribution in [0.5, 0.6) is 0 Å². The van der Waals surface area contributed by atoms with Gasteiger partial charge in [-0.2, -0.15) is 4.98 Å². The first-order chi connectivity index (χ1) is 16.1. The Balaban J connectivity index is 1.18. The van der Waals surface area contributed by atoms with Gasteiger partial charge in [0.1, 0.15) is 0 Å². The van der Waals surface area contributed by atoms with Crippen LogP contribution in [0.1, 0.15) is 24.8 Å². The molecule has 0 bridgehead atoms. The number of nitrogens with zero attached hydrogens (tertiary/aromatic N) is 4. The van der Waals surface area contributed by atoms with Crippen LogP contribution in [-0.2, 0) is 11.3 Å². The zero-order chi connectivity index (χ0) is 22.6. The van der Waals surface area contributed by atoms with Gasteiger partial charge in [-0.3, -0.25) is 9.69 Å². The molecule has 5 rings (SSSR count). The van der Waals surface area contributed by atoms with Crippen LogP contribution >= 0.6 is 11.6 Å². The summed E-state index contributed by atoms with van der Waals surface area (Å²) in [5.74, 6) is 1.73. The summed E-state index contributed by atoms with van der Waals surface area (Å²) in [5, 5.41) is 4.79. The Morgan fingerprint density at radius 3 is 2.67 bits per heavy atom. The lowest BCUT2D eigenvalue weighted by Gasteiger charge is -2.35. The molecule has 0 saturated carbocycles. The highest BCUT2D eigenvalue weighted by molar-refractivity contribution is 6.30. The van der Waals surface area contributed by atoms with Crippen LogP contribution in [0.15, 0.2) is 65.2 Å². The van der Waals surface area contributed by atoms with Crippen molar-refractivity contribution in [3.8, 4) is 22.8 Å². The van der Waals surface area contributed by atoms with E-state index in [0.29, 0.717) is 35.0 Å². The highest BCUT2D eigenvalue weighted by Gasteiger charge is 2.23. The van der Waals surface area contributed by atoms with Crippen molar-refractivity contribution in [2.45, 2.75) is 25.8 Å². The minimum atomic E-state index is 0.292. The van der Waals surface area contributed by atoms with E-state index in [1.54, 1.807) is 0 Å². The van der Waals surface area contributed by atoms with E-state index in [1.807, 2.05) is 41.3 Å². The van der Waals surface area contributed by atoms with Gasteiger partial charge in [-0.25, -0.2) is 0 Å². The van der Waals surface area contributed by atoms with Gasteiger partial charge in [0.05, 0.1) is 0 Å². The van der Waals surface area contributed by atoms with Crippen LogP contribution < -0.4 is 0 Å². The van der Waals surface area contributed by atoms with Crippen LogP contribution in [-0.4, -0.2) is 52.0 Å². The van der Waals surface area contributed by atoms with E-state index in [-0.39, 0.29) is 0 Å². The maximum absolute atomic E-state index is 12.6. The molecule has 0 spiro atoms. The van der Waals surface area contributed by atoms with Gasteiger partial charge in [0.2, 0.25) is 11.7 Å². The minimum absolute atomic E-state index is 0.292. The third kappa shape index (κ3) is 5.34. The van der Waals surface area contributed by atoms with Gasteiger partial charge in [0, 0.05) is 55.3 Å². The molecule has 1 saturated heterocycles. The Hall–Kier alpha value is -2.96. The first kappa shape index (κ1) is 21.9. The van der Waals surface area contributed by atoms with Gasteiger partial charge >= 0.3 is 0 Å². The van der Waals surface area contributed by atoms with Crippen LogP contribution in [0.25, 0.3) is 22.8 Å². The Morgan fingerprint density at radius 1 is 1.06 bits per heavy atom. The summed E-state index contributed by atoms with van der Waals surface area (Å²) >= 11 is 6.08. The van der Waals surface area contributed by atoms with E-state index in [4.69, 9.17) is 16.1 Å². The highest BCUT2D eigenvalue weighted by Crippen LogP contribution is 2.25. The van der Waals surface area contributed by atoms with Crippen LogP contribution in [0.4, 0.5) is 0 Å². The largest absolute Gasteiger partial charge is 0.340 e. The molecule has 1 aliphatic heterocycles. The van der Waals surface area contributed by atoms with Crippen LogP contribution in [0.3, 0.4) is 0 Å². The third-order valence-corrected chi connectivity index (χ3v) is 6.60. The maximum atomic E-state index is 12.6. The van der Waals surface area contributed by atoms with Gasteiger partial charge in [-0.1, -0.05) is 53.2 Å². The monoisotopic (exact) mass is 462 g/mol. The fourth-order valence-corrected chi connectivity index (χ4v) is 4.71. The molecule has 1 amide bonds. The van der Waals surface area contributed by atoms with Gasteiger partial charge < -0.3 is 9.42 Å². The second kappa shape index (κ2) is 9.89. The molecule has 0 N–H and O–H groups in total. The van der Waals surface area contributed by atoms with E-state index in [0.717, 1.165) is 56.7 Å². The molecule has 2 aromatic carbocycles. The van der Waals surface area contributed by atoms with Crippen LogP contribution in [0, 0.1) is 5.92 Å². The van der Waals surface area contributed by atoms with Gasteiger partial charge in [-0.15, -0.1) is 0 Å². The number of aromatic nitrogens is 2. The predicted octanol–water partition coefficient (Wildman–Crippen LogP) is 5.06. The van der Waals surface area contributed by atoms with Crippen molar-refractivity contribution >= 4 is 17.5 Å². The molecule has 2 heterocycles. The summed E-state index contributed by atoms with van der Waals surface area (Å²) in [4.78, 5) is 21.6. The molecule has 1 fully saturated rings. The number of allylic oxidation sites excluding steroid dienone is 2. The number of hydrogen-bond acceptors (Lipinski definition) is 5. The summed E-state index contributed by atoms with van der Waals surface area (Å²) in [6.07, 6.45) is 7.26. The average Bonchev–Trinajstić information content (AvgIpc) is 3.52. The molecule has 6 nitrogen and oxygen atoms in total. The summed E-state index contributed by atoms with van der Waals surface area (Å²) in [5.41, 5.74) is 2.91. The second-order valence-corrected chi connectivity index (χ2v) is 9.20. The van der Waals surface area contributed by atoms with E-state index >= 15 is 0 Å². The lowest BCUT2D eigenvalue weighted by atomic mass is 10.0. The summed E-state index contributed by atoms with van der Waals surface area (Å²) in [6.45, 7) is 4.20. The van der Waals surface area contributed by atoms with Crippen LogP contribution in [0.2, 0.25) is 5.02 Å². The zero-order valence-electron chi connectivity index (χ0n) is 18.5. The summed E-state index contributed by atoms with van der Waals surface area (Å²) in [7, 11) is 0. The Kier molecular flexibility index (Phi) is 6.55. The third-order valence-electron chi connectivity index (χ3n) is 6.36. The van der Waals surface area contributed by atoms with Crippen molar-refractivity contribution in [2.75, 3.05) is 26.2 Å². The fourth-order valence-electron chi connectivity index (χ4n) is 4.52. The standard InChI is InChI=1S/C26H27ClN4O2/c27-23-10-4-9-22(17-23)26-28-25(29-33-26)21-8-3-7-20(15-21)18-30-11-13-31(14-12-30)24(32)16-19-5-1-2-6-19/h1,3-5,7-10,15,17,19H,2,6,11-14,16,18H2. The minimum Gasteiger partial charge on any atom is -0.340 e. The van der Waals surface area contributed by atoms with Gasteiger partial charge in [0.15, 0.2) is 0 Å². The van der Waals surface area contributed by atoms with Crippen molar-refractivity contribution < 1.29 is 9.32 Å². The normalized spacial score (nSPS) is 18.7. The number of rotatable bonds is 6. The summed E-state index contributed by atoms with van der Waals surface area (Å²) in [6, 6.07) is 15.6. The lowest BCUT2D eigenvalue weighted by Crippen LogP contribution is -2.48. The van der Waals surface area contributed by atoms with Crippen molar-refractivity contribution in [3.63, 3.8) is 0 Å². The first-order valence-corrected chi connectivity index (χ1v) is 11.9. The fraction of sp³-hybridized carbons (Fsp3) is 0.346. The predicted molar refractivity (Wildman–Crippen MR) is 129 cm³/mol. The first-order valence-electron chi connectivity index (χ1n) is 11.5.